The van der Waals surface area contributed by atoms with Gasteiger partial charge in [-0.25, -0.2) is 0 Å². The molecule has 0 fully saturated rings. The highest BCUT2D eigenvalue weighted by Gasteiger charge is 2.04. The Morgan fingerprint density at radius 2 is 1.36 bits per heavy atom. The fraction of sp³-hybridized carbons (Fsp3) is 0.600. The van der Waals surface area contributed by atoms with Gasteiger partial charge in [-0.3, -0.25) is 4.55 Å². The molecule has 0 unspecified atom stereocenters. The summed E-state index contributed by atoms with van der Waals surface area (Å²) in [5, 5.41) is 1.25. The molecule has 1 aromatic heterocycles. The minimum Gasteiger partial charge on any atom is -0.464 e. The van der Waals surface area contributed by atoms with Crippen molar-refractivity contribution in [2.45, 2.75) is 70.6 Å². The zero-order chi connectivity index (χ0) is 18.0. The van der Waals surface area contributed by atoms with Gasteiger partial charge in [0.2, 0.25) is 0 Å². The molecule has 0 aliphatic heterocycles. The Balaban J connectivity index is 1.42. The molecular formula is C20H30O4S. The number of fused-ring (bicyclic) bond motifs is 1. The Morgan fingerprint density at radius 1 is 0.800 bits per heavy atom. The fourth-order valence-corrected chi connectivity index (χ4v) is 3.81. The molecule has 25 heavy (non-hydrogen) atoms. The van der Waals surface area contributed by atoms with Gasteiger partial charge in [0, 0.05) is 5.39 Å². The van der Waals surface area contributed by atoms with E-state index in [1.165, 1.54) is 49.5 Å². The lowest BCUT2D eigenvalue weighted by atomic mass is 10.0. The van der Waals surface area contributed by atoms with Crippen LogP contribution in [0.1, 0.15) is 69.8 Å². The summed E-state index contributed by atoms with van der Waals surface area (Å²) in [7, 11) is -3.77. The van der Waals surface area contributed by atoms with Gasteiger partial charge in [0.15, 0.2) is 0 Å². The molecule has 0 amide bonds. The molecule has 0 aliphatic carbocycles. The number of unbranched alkanes of at least 4 members (excludes halogenated alkanes) is 9. The van der Waals surface area contributed by atoms with Crippen molar-refractivity contribution < 1.29 is 17.4 Å². The molecular weight excluding hydrogens is 336 g/mol. The highest BCUT2D eigenvalue weighted by Crippen LogP contribution is 2.22. The maximum Gasteiger partial charge on any atom is 0.264 e. The molecule has 4 nitrogen and oxygen atoms in total. The van der Waals surface area contributed by atoms with Gasteiger partial charge in [-0.1, -0.05) is 69.6 Å². The first-order valence-corrected chi connectivity index (χ1v) is 11.1. The van der Waals surface area contributed by atoms with E-state index in [9.17, 15) is 8.42 Å². The second-order valence-corrected chi connectivity index (χ2v) is 8.40. The predicted octanol–water partition coefficient (Wildman–Crippen LogP) is 5.76. The van der Waals surface area contributed by atoms with Crippen molar-refractivity contribution in [1.29, 1.82) is 0 Å². The number of benzene rings is 1. The molecule has 0 atom stereocenters. The third-order valence-corrected chi connectivity index (χ3v) is 5.46. The van der Waals surface area contributed by atoms with Crippen molar-refractivity contribution in [1.82, 2.24) is 0 Å². The average Bonchev–Trinajstić information content (AvgIpc) is 2.98. The summed E-state index contributed by atoms with van der Waals surface area (Å²) in [4.78, 5) is 0. The van der Waals surface area contributed by atoms with Crippen LogP contribution in [0.3, 0.4) is 0 Å². The van der Waals surface area contributed by atoms with Gasteiger partial charge in [-0.15, -0.1) is 0 Å². The van der Waals surface area contributed by atoms with Crippen molar-refractivity contribution in [3.63, 3.8) is 0 Å². The Morgan fingerprint density at radius 3 is 2.00 bits per heavy atom. The normalized spacial score (nSPS) is 12.0. The van der Waals surface area contributed by atoms with Crippen molar-refractivity contribution in [3.8, 4) is 0 Å². The smallest absolute Gasteiger partial charge is 0.264 e. The van der Waals surface area contributed by atoms with Gasteiger partial charge in [-0.2, -0.15) is 8.42 Å². The van der Waals surface area contributed by atoms with Crippen molar-refractivity contribution in [2.75, 3.05) is 5.75 Å². The largest absolute Gasteiger partial charge is 0.464 e. The van der Waals surface area contributed by atoms with E-state index in [2.05, 4.69) is 12.1 Å². The number of rotatable bonds is 13. The van der Waals surface area contributed by atoms with Gasteiger partial charge in [0.25, 0.3) is 10.1 Å². The van der Waals surface area contributed by atoms with Crippen LogP contribution < -0.4 is 0 Å². The van der Waals surface area contributed by atoms with E-state index in [0.717, 1.165) is 31.3 Å². The predicted molar refractivity (Wildman–Crippen MR) is 103 cm³/mol. The molecule has 1 N–H and O–H groups in total. The zero-order valence-corrected chi connectivity index (χ0v) is 15.8. The van der Waals surface area contributed by atoms with Gasteiger partial charge >= 0.3 is 0 Å². The molecule has 0 radical (unpaired) electrons. The number of aryl methyl sites for hydroxylation is 1. The van der Waals surface area contributed by atoms with Crippen LogP contribution in [-0.4, -0.2) is 18.7 Å². The first-order valence-electron chi connectivity index (χ1n) is 9.46. The maximum atomic E-state index is 10.6. The summed E-state index contributed by atoms with van der Waals surface area (Å²) >= 11 is 0. The van der Waals surface area contributed by atoms with Crippen LogP contribution in [-0.2, 0) is 16.5 Å². The minimum atomic E-state index is -3.77. The van der Waals surface area contributed by atoms with E-state index in [0.29, 0.717) is 6.42 Å². The van der Waals surface area contributed by atoms with E-state index >= 15 is 0 Å². The van der Waals surface area contributed by atoms with E-state index in [4.69, 9.17) is 8.97 Å². The lowest BCUT2D eigenvalue weighted by Crippen LogP contribution is -2.03. The summed E-state index contributed by atoms with van der Waals surface area (Å²) in [6.45, 7) is 0. The van der Waals surface area contributed by atoms with Crippen LogP contribution in [0, 0.1) is 0 Å². The van der Waals surface area contributed by atoms with E-state index in [1.807, 2.05) is 18.4 Å². The van der Waals surface area contributed by atoms with Crippen LogP contribution in [0.15, 0.2) is 34.9 Å². The Kier molecular flexibility index (Phi) is 8.49. The monoisotopic (exact) mass is 366 g/mol. The molecule has 0 bridgehead atoms. The highest BCUT2D eigenvalue weighted by molar-refractivity contribution is 7.85. The zero-order valence-electron chi connectivity index (χ0n) is 15.0. The second-order valence-electron chi connectivity index (χ2n) is 6.83. The first kappa shape index (κ1) is 20.0. The van der Waals surface area contributed by atoms with Crippen molar-refractivity contribution in [2.24, 2.45) is 0 Å². The Labute approximate surface area is 151 Å². The van der Waals surface area contributed by atoms with Crippen LogP contribution >= 0.6 is 0 Å². The van der Waals surface area contributed by atoms with Gasteiger partial charge in [0.1, 0.15) is 5.58 Å². The van der Waals surface area contributed by atoms with Crippen molar-refractivity contribution in [3.05, 3.63) is 36.1 Å². The molecule has 0 spiro atoms. The van der Waals surface area contributed by atoms with Gasteiger partial charge < -0.3 is 4.42 Å². The lowest BCUT2D eigenvalue weighted by molar-refractivity contribution is 0.478. The molecule has 5 heteroatoms. The van der Waals surface area contributed by atoms with Gasteiger partial charge in [-0.05, 0) is 30.9 Å². The number of furan rings is 1. The molecule has 1 aromatic carbocycles. The van der Waals surface area contributed by atoms with Crippen LogP contribution in [0.25, 0.3) is 11.0 Å². The summed E-state index contributed by atoms with van der Waals surface area (Å²) in [5.41, 5.74) is 2.30. The van der Waals surface area contributed by atoms with Crippen LogP contribution in [0.5, 0.6) is 0 Å². The molecule has 2 rings (SSSR count). The Hall–Kier alpha value is -1.33. The van der Waals surface area contributed by atoms with E-state index in [-0.39, 0.29) is 5.75 Å². The standard InChI is InChI=1S/C20H30O4S/c21-25(22,23)16-12-8-6-4-2-1-3-5-7-9-13-18-17-24-20-15-11-10-14-19(18)20/h10-11,14-15,17H,1-9,12-13,16H2,(H,21,22,23). The summed E-state index contributed by atoms with van der Waals surface area (Å²) in [6.07, 6.45) is 14.2. The fourth-order valence-electron chi connectivity index (χ4n) is 3.24. The molecule has 0 saturated carbocycles. The third-order valence-electron chi connectivity index (χ3n) is 4.66. The molecule has 140 valence electrons. The van der Waals surface area contributed by atoms with Crippen LogP contribution in [0.4, 0.5) is 0 Å². The summed E-state index contributed by atoms with van der Waals surface area (Å²) < 4.78 is 35.4. The second kappa shape index (κ2) is 10.6. The van der Waals surface area contributed by atoms with E-state index < -0.39 is 10.1 Å². The van der Waals surface area contributed by atoms with Crippen molar-refractivity contribution >= 4 is 21.1 Å². The maximum absolute atomic E-state index is 10.6. The SMILES string of the molecule is O=S(=O)(O)CCCCCCCCCCCCc1coc2ccccc12. The highest BCUT2D eigenvalue weighted by atomic mass is 32.2. The third kappa shape index (κ3) is 8.06. The summed E-state index contributed by atoms with van der Waals surface area (Å²) in [5.74, 6) is -0.0983. The summed E-state index contributed by atoms with van der Waals surface area (Å²) in [6, 6.07) is 8.21. The van der Waals surface area contributed by atoms with Gasteiger partial charge in [0.05, 0.1) is 12.0 Å². The van der Waals surface area contributed by atoms with Crippen LogP contribution in [0.2, 0.25) is 0 Å². The number of para-hydroxylation sites is 1. The molecule has 1 heterocycles. The number of hydrogen-bond acceptors (Lipinski definition) is 3. The van der Waals surface area contributed by atoms with E-state index in [1.54, 1.807) is 0 Å². The lowest BCUT2D eigenvalue weighted by Gasteiger charge is -2.03. The first-order chi connectivity index (χ1) is 12.1. The number of hydrogen-bond donors (Lipinski definition) is 1. The molecule has 0 saturated heterocycles. The topological polar surface area (TPSA) is 67.5 Å². The Bertz CT molecular complexity index is 718. The molecule has 2 aromatic rings. The average molecular weight is 367 g/mol. The quantitative estimate of drug-likeness (QED) is 0.361. The molecule has 0 aliphatic rings. The minimum absolute atomic E-state index is 0.0983.